The Morgan fingerprint density at radius 3 is 2.55 bits per heavy atom. The number of hydrogen-bond donors (Lipinski definition) is 1. The van der Waals surface area contributed by atoms with Gasteiger partial charge in [-0.2, -0.15) is 0 Å². The number of amides is 1. The number of hydrogen-bond acceptors (Lipinski definition) is 5. The molecule has 6 nitrogen and oxygen atoms in total. The SMILES string of the molecule is COc1ccc(-c2oc3cc(C)ccc3c(=O)c2OCC(=O)NC2CCCCC2)cc1. The van der Waals surface area contributed by atoms with Crippen molar-refractivity contribution in [1.82, 2.24) is 5.32 Å². The number of carbonyl (C=O) groups excluding carboxylic acids is 1. The number of carbonyl (C=O) groups is 1. The van der Waals surface area contributed by atoms with Crippen molar-refractivity contribution in [2.75, 3.05) is 13.7 Å². The second-order valence-corrected chi connectivity index (χ2v) is 8.01. The zero-order chi connectivity index (χ0) is 21.8. The van der Waals surface area contributed by atoms with Crippen molar-refractivity contribution >= 4 is 16.9 Å². The number of rotatable bonds is 6. The zero-order valence-corrected chi connectivity index (χ0v) is 17.9. The molecule has 1 aliphatic rings. The van der Waals surface area contributed by atoms with Crippen molar-refractivity contribution in [2.45, 2.75) is 45.1 Å². The molecule has 1 fully saturated rings. The topological polar surface area (TPSA) is 77.8 Å². The van der Waals surface area contributed by atoms with E-state index in [1.165, 1.54) is 6.42 Å². The summed E-state index contributed by atoms with van der Waals surface area (Å²) >= 11 is 0. The molecule has 1 amide bonds. The Balaban J connectivity index is 1.66. The summed E-state index contributed by atoms with van der Waals surface area (Å²) in [5.74, 6) is 0.810. The summed E-state index contributed by atoms with van der Waals surface area (Å²) in [5.41, 5.74) is 1.84. The van der Waals surface area contributed by atoms with Crippen LogP contribution in [0.3, 0.4) is 0 Å². The highest BCUT2D eigenvalue weighted by molar-refractivity contribution is 5.83. The third-order valence-electron chi connectivity index (χ3n) is 5.68. The average molecular weight is 421 g/mol. The van der Waals surface area contributed by atoms with Crippen LogP contribution < -0.4 is 20.2 Å². The van der Waals surface area contributed by atoms with Gasteiger partial charge in [0.2, 0.25) is 11.2 Å². The molecule has 6 heteroatoms. The molecule has 1 N–H and O–H groups in total. The molecule has 1 aliphatic carbocycles. The zero-order valence-electron chi connectivity index (χ0n) is 17.9. The summed E-state index contributed by atoms with van der Waals surface area (Å²) in [7, 11) is 1.59. The van der Waals surface area contributed by atoms with E-state index in [4.69, 9.17) is 13.9 Å². The lowest BCUT2D eigenvalue weighted by Crippen LogP contribution is -2.39. The first kappa shape index (κ1) is 21.0. The van der Waals surface area contributed by atoms with E-state index in [9.17, 15) is 9.59 Å². The summed E-state index contributed by atoms with van der Waals surface area (Å²) in [5, 5.41) is 3.44. The van der Waals surface area contributed by atoms with Gasteiger partial charge in [-0.15, -0.1) is 0 Å². The van der Waals surface area contributed by atoms with Crippen LogP contribution in [0.25, 0.3) is 22.3 Å². The van der Waals surface area contributed by atoms with E-state index < -0.39 is 0 Å². The molecule has 1 heterocycles. The van der Waals surface area contributed by atoms with E-state index in [-0.39, 0.29) is 29.7 Å². The van der Waals surface area contributed by atoms with E-state index in [0.29, 0.717) is 28.0 Å². The second-order valence-electron chi connectivity index (χ2n) is 8.01. The second kappa shape index (κ2) is 9.25. The molecule has 0 bridgehead atoms. The Hall–Kier alpha value is -3.28. The van der Waals surface area contributed by atoms with Crippen molar-refractivity contribution in [3.63, 3.8) is 0 Å². The molecule has 0 aliphatic heterocycles. The van der Waals surface area contributed by atoms with Crippen LogP contribution in [0, 0.1) is 6.92 Å². The Morgan fingerprint density at radius 1 is 1.10 bits per heavy atom. The number of nitrogens with one attached hydrogen (secondary N) is 1. The minimum atomic E-state index is -0.294. The molecule has 31 heavy (non-hydrogen) atoms. The Labute approximate surface area is 181 Å². The summed E-state index contributed by atoms with van der Waals surface area (Å²) in [6, 6.07) is 12.8. The minimum absolute atomic E-state index is 0.0420. The van der Waals surface area contributed by atoms with Crippen LogP contribution in [-0.4, -0.2) is 25.7 Å². The van der Waals surface area contributed by atoms with E-state index in [2.05, 4.69) is 5.32 Å². The molecule has 3 aromatic rings. The van der Waals surface area contributed by atoms with Gasteiger partial charge in [0.25, 0.3) is 5.91 Å². The molecule has 0 radical (unpaired) electrons. The molecule has 0 atom stereocenters. The summed E-state index contributed by atoms with van der Waals surface area (Å²) in [4.78, 5) is 25.7. The van der Waals surface area contributed by atoms with Gasteiger partial charge in [0.05, 0.1) is 12.5 Å². The molecule has 2 aromatic carbocycles. The molecule has 162 valence electrons. The minimum Gasteiger partial charge on any atom is -0.497 e. The number of ether oxygens (including phenoxy) is 2. The molecule has 4 rings (SSSR count). The maximum absolute atomic E-state index is 13.2. The average Bonchev–Trinajstić information content (AvgIpc) is 2.79. The highest BCUT2D eigenvalue weighted by Gasteiger charge is 2.21. The Kier molecular flexibility index (Phi) is 6.26. The molecule has 1 aromatic heterocycles. The Morgan fingerprint density at radius 2 is 1.84 bits per heavy atom. The fourth-order valence-corrected chi connectivity index (χ4v) is 4.00. The number of aryl methyl sites for hydroxylation is 1. The van der Waals surface area contributed by atoms with Crippen molar-refractivity contribution in [3.8, 4) is 22.8 Å². The first-order chi connectivity index (χ1) is 15.0. The smallest absolute Gasteiger partial charge is 0.258 e. The third kappa shape index (κ3) is 4.74. The lowest BCUT2D eigenvalue weighted by atomic mass is 9.95. The van der Waals surface area contributed by atoms with Crippen molar-refractivity contribution < 1.29 is 18.7 Å². The molecule has 0 saturated heterocycles. The first-order valence-corrected chi connectivity index (χ1v) is 10.7. The molecule has 0 unspecified atom stereocenters. The van der Waals surface area contributed by atoms with Crippen LogP contribution in [0.2, 0.25) is 0 Å². The van der Waals surface area contributed by atoms with Crippen molar-refractivity contribution in [3.05, 3.63) is 58.3 Å². The van der Waals surface area contributed by atoms with E-state index >= 15 is 0 Å². The van der Waals surface area contributed by atoms with E-state index in [1.807, 2.05) is 19.1 Å². The van der Waals surface area contributed by atoms with Crippen LogP contribution in [0.4, 0.5) is 0 Å². The van der Waals surface area contributed by atoms with Gasteiger partial charge in [0.15, 0.2) is 12.4 Å². The van der Waals surface area contributed by atoms with E-state index in [0.717, 1.165) is 31.2 Å². The monoisotopic (exact) mass is 421 g/mol. The predicted molar refractivity (Wildman–Crippen MR) is 120 cm³/mol. The van der Waals surface area contributed by atoms with Crippen LogP contribution in [0.5, 0.6) is 11.5 Å². The van der Waals surface area contributed by atoms with Gasteiger partial charge in [-0.3, -0.25) is 9.59 Å². The number of fused-ring (bicyclic) bond motifs is 1. The first-order valence-electron chi connectivity index (χ1n) is 10.7. The lowest BCUT2D eigenvalue weighted by molar-refractivity contribution is -0.124. The normalized spacial score (nSPS) is 14.4. The van der Waals surface area contributed by atoms with Crippen LogP contribution in [-0.2, 0) is 4.79 Å². The van der Waals surface area contributed by atoms with Gasteiger partial charge in [0, 0.05) is 11.6 Å². The summed E-state index contributed by atoms with van der Waals surface area (Å²) < 4.78 is 17.1. The van der Waals surface area contributed by atoms with Crippen LogP contribution in [0.1, 0.15) is 37.7 Å². The van der Waals surface area contributed by atoms with Crippen molar-refractivity contribution in [2.24, 2.45) is 0 Å². The van der Waals surface area contributed by atoms with Crippen LogP contribution >= 0.6 is 0 Å². The lowest BCUT2D eigenvalue weighted by Gasteiger charge is -2.22. The van der Waals surface area contributed by atoms with E-state index in [1.54, 1.807) is 37.4 Å². The van der Waals surface area contributed by atoms with Gasteiger partial charge in [-0.1, -0.05) is 25.3 Å². The fourth-order valence-electron chi connectivity index (χ4n) is 4.00. The molecule has 0 spiro atoms. The quantitative estimate of drug-likeness (QED) is 0.629. The molecular weight excluding hydrogens is 394 g/mol. The van der Waals surface area contributed by atoms with Gasteiger partial charge in [0.1, 0.15) is 11.3 Å². The fraction of sp³-hybridized carbons (Fsp3) is 0.360. The molecule has 1 saturated carbocycles. The highest BCUT2D eigenvalue weighted by Crippen LogP contribution is 2.32. The third-order valence-corrected chi connectivity index (χ3v) is 5.68. The highest BCUT2D eigenvalue weighted by atomic mass is 16.5. The summed E-state index contributed by atoms with van der Waals surface area (Å²) in [6.45, 7) is 1.70. The summed E-state index contributed by atoms with van der Waals surface area (Å²) in [6.07, 6.45) is 5.44. The number of benzene rings is 2. The maximum atomic E-state index is 13.2. The van der Waals surface area contributed by atoms with Gasteiger partial charge in [-0.05, 0) is 61.7 Å². The molecular formula is C25H27NO5. The Bertz CT molecular complexity index is 1130. The van der Waals surface area contributed by atoms with Gasteiger partial charge in [-0.25, -0.2) is 0 Å². The predicted octanol–water partition coefficient (Wildman–Crippen LogP) is 4.60. The maximum Gasteiger partial charge on any atom is 0.258 e. The van der Waals surface area contributed by atoms with Crippen molar-refractivity contribution in [1.29, 1.82) is 0 Å². The standard InChI is InChI=1S/C25H27NO5/c1-16-8-13-20-21(14-16)31-24(17-9-11-19(29-2)12-10-17)25(23(20)28)30-15-22(27)26-18-6-4-3-5-7-18/h8-14,18H,3-7,15H2,1-2H3,(H,26,27). The van der Waals surface area contributed by atoms with Gasteiger partial charge < -0.3 is 19.2 Å². The number of methoxy groups -OCH3 is 1. The largest absolute Gasteiger partial charge is 0.497 e. The van der Waals surface area contributed by atoms with Gasteiger partial charge >= 0.3 is 0 Å². The van der Waals surface area contributed by atoms with Crippen LogP contribution in [0.15, 0.2) is 51.7 Å².